The van der Waals surface area contributed by atoms with Crippen LogP contribution in [0.15, 0.2) is 24.3 Å². The Bertz CT molecular complexity index is 769. The van der Waals surface area contributed by atoms with E-state index in [0.29, 0.717) is 32.4 Å². The molecule has 2 aliphatic rings. The van der Waals surface area contributed by atoms with E-state index in [1.54, 1.807) is 0 Å². The minimum atomic E-state index is -0.426. The second-order valence-electron chi connectivity index (χ2n) is 6.86. The number of aryl methyl sites for hydroxylation is 1. The average Bonchev–Trinajstić information content (AvgIpc) is 3.12. The molecule has 2 amide bonds. The maximum absolute atomic E-state index is 12.6. The number of alkyl carbamates (subject to hydrolysis) is 1. The van der Waals surface area contributed by atoms with Crippen LogP contribution in [0.25, 0.3) is 11.0 Å². The summed E-state index contributed by atoms with van der Waals surface area (Å²) in [4.78, 5) is 33.6. The van der Waals surface area contributed by atoms with Gasteiger partial charge in [0.15, 0.2) is 0 Å². The van der Waals surface area contributed by atoms with Crippen molar-refractivity contribution in [1.82, 2.24) is 20.2 Å². The fraction of sp³-hybridized carbons (Fsp3) is 0.500. The molecular weight excluding hydrogens is 320 g/mol. The lowest BCUT2D eigenvalue weighted by Gasteiger charge is -2.25. The Balaban J connectivity index is 1.34. The van der Waals surface area contributed by atoms with Crippen LogP contribution in [-0.4, -0.2) is 52.1 Å². The van der Waals surface area contributed by atoms with Gasteiger partial charge in [-0.2, -0.15) is 0 Å². The third kappa shape index (κ3) is 3.31. The van der Waals surface area contributed by atoms with Gasteiger partial charge >= 0.3 is 6.09 Å². The fourth-order valence-electron chi connectivity index (χ4n) is 3.71. The molecule has 0 radical (unpaired) electrons. The molecule has 2 fully saturated rings. The molecule has 4 rings (SSSR count). The molecule has 1 aromatic carbocycles. The first-order chi connectivity index (χ1) is 12.1. The van der Waals surface area contributed by atoms with Gasteiger partial charge in [0.2, 0.25) is 5.91 Å². The van der Waals surface area contributed by atoms with E-state index in [1.165, 1.54) is 0 Å². The second-order valence-corrected chi connectivity index (χ2v) is 6.86. The normalized spacial score (nSPS) is 23.5. The van der Waals surface area contributed by atoms with Crippen molar-refractivity contribution >= 4 is 23.0 Å². The number of likely N-dealkylation sites (tertiary alicyclic amines) is 1. The summed E-state index contributed by atoms with van der Waals surface area (Å²) in [5.74, 6) is 0.976. The van der Waals surface area contributed by atoms with Crippen LogP contribution in [0.1, 0.15) is 31.5 Å². The van der Waals surface area contributed by atoms with Gasteiger partial charge < -0.3 is 19.9 Å². The standard InChI is InChI=1S/C18H22N4O3/c23-16(7-6-15-20-13-4-1-2-5-14(13)21-15)22-10-3-8-18(9-11-22)12-19-17(24)25-18/h1-2,4-5H,3,6-12H2,(H,19,24)(H,20,21)/t18-/m1/s1. The molecule has 1 aromatic heterocycles. The number of nitrogens with zero attached hydrogens (tertiary/aromatic N) is 2. The summed E-state index contributed by atoms with van der Waals surface area (Å²) in [6.07, 6.45) is 3.05. The fourth-order valence-corrected chi connectivity index (χ4v) is 3.71. The molecule has 0 aliphatic carbocycles. The Labute approximate surface area is 145 Å². The molecule has 132 valence electrons. The van der Waals surface area contributed by atoms with Crippen LogP contribution < -0.4 is 5.32 Å². The quantitative estimate of drug-likeness (QED) is 0.893. The van der Waals surface area contributed by atoms with E-state index in [0.717, 1.165) is 36.2 Å². The van der Waals surface area contributed by atoms with E-state index in [9.17, 15) is 9.59 Å². The maximum Gasteiger partial charge on any atom is 0.407 e. The van der Waals surface area contributed by atoms with Gasteiger partial charge in [-0.25, -0.2) is 9.78 Å². The number of aromatic amines is 1. The number of fused-ring (bicyclic) bond motifs is 1. The monoisotopic (exact) mass is 342 g/mol. The summed E-state index contributed by atoms with van der Waals surface area (Å²) in [6, 6.07) is 7.87. The highest BCUT2D eigenvalue weighted by atomic mass is 16.6. The number of ether oxygens (including phenoxy) is 1. The summed E-state index contributed by atoms with van der Waals surface area (Å²) < 4.78 is 5.46. The molecule has 0 unspecified atom stereocenters. The molecule has 7 nitrogen and oxygen atoms in total. The summed E-state index contributed by atoms with van der Waals surface area (Å²) in [5, 5.41) is 2.73. The van der Waals surface area contributed by atoms with E-state index in [-0.39, 0.29) is 12.0 Å². The second kappa shape index (κ2) is 6.38. The highest BCUT2D eigenvalue weighted by Gasteiger charge is 2.41. The SMILES string of the molecule is O=C1NC[C@]2(CCCN(C(=O)CCc3nc4ccccc4[nH]3)CC2)O1. The number of nitrogens with one attached hydrogen (secondary N) is 2. The average molecular weight is 342 g/mol. The van der Waals surface area contributed by atoms with Crippen molar-refractivity contribution in [3.8, 4) is 0 Å². The number of hydrogen-bond acceptors (Lipinski definition) is 4. The van der Waals surface area contributed by atoms with Crippen LogP contribution in [0.2, 0.25) is 0 Å². The van der Waals surface area contributed by atoms with Crippen molar-refractivity contribution in [2.24, 2.45) is 0 Å². The van der Waals surface area contributed by atoms with Crippen LogP contribution >= 0.6 is 0 Å². The van der Waals surface area contributed by atoms with Gasteiger partial charge in [0, 0.05) is 32.4 Å². The van der Waals surface area contributed by atoms with Crippen LogP contribution in [0.5, 0.6) is 0 Å². The van der Waals surface area contributed by atoms with Gasteiger partial charge in [-0.3, -0.25) is 4.79 Å². The number of carbonyl (C=O) groups is 2. The Morgan fingerprint density at radius 3 is 2.96 bits per heavy atom. The van der Waals surface area contributed by atoms with Crippen LogP contribution in [0.4, 0.5) is 4.79 Å². The molecule has 1 atom stereocenters. The predicted octanol–water partition coefficient (Wildman–Crippen LogP) is 1.99. The molecular formula is C18H22N4O3. The first-order valence-electron chi connectivity index (χ1n) is 8.82. The third-order valence-electron chi connectivity index (χ3n) is 5.13. The van der Waals surface area contributed by atoms with E-state index < -0.39 is 5.60 Å². The number of imidazole rings is 1. The van der Waals surface area contributed by atoms with Crippen LogP contribution in [-0.2, 0) is 16.0 Å². The van der Waals surface area contributed by atoms with E-state index in [4.69, 9.17) is 4.74 Å². The smallest absolute Gasteiger partial charge is 0.407 e. The van der Waals surface area contributed by atoms with Crippen molar-refractivity contribution in [3.05, 3.63) is 30.1 Å². The minimum absolute atomic E-state index is 0.134. The summed E-state index contributed by atoms with van der Waals surface area (Å²) in [7, 11) is 0. The molecule has 0 saturated carbocycles. The number of amides is 2. The molecule has 7 heteroatoms. The highest BCUT2D eigenvalue weighted by molar-refractivity contribution is 5.77. The first kappa shape index (κ1) is 15.9. The van der Waals surface area contributed by atoms with Crippen molar-refractivity contribution in [3.63, 3.8) is 0 Å². The van der Waals surface area contributed by atoms with Crippen LogP contribution in [0.3, 0.4) is 0 Å². The topological polar surface area (TPSA) is 87.3 Å². The predicted molar refractivity (Wildman–Crippen MR) is 92.1 cm³/mol. The number of H-pyrrole nitrogens is 1. The summed E-state index contributed by atoms with van der Waals surface area (Å²) in [5.41, 5.74) is 1.50. The molecule has 25 heavy (non-hydrogen) atoms. The highest BCUT2D eigenvalue weighted by Crippen LogP contribution is 2.29. The lowest BCUT2D eigenvalue weighted by molar-refractivity contribution is -0.131. The molecule has 3 heterocycles. The maximum atomic E-state index is 12.6. The van der Waals surface area contributed by atoms with Crippen LogP contribution in [0, 0.1) is 0 Å². The lowest BCUT2D eigenvalue weighted by Crippen LogP contribution is -2.36. The number of carbonyl (C=O) groups excluding carboxylic acids is 2. The molecule has 2 aromatic rings. The minimum Gasteiger partial charge on any atom is -0.441 e. The molecule has 2 saturated heterocycles. The largest absolute Gasteiger partial charge is 0.441 e. The Kier molecular flexibility index (Phi) is 4.07. The number of aromatic nitrogens is 2. The lowest BCUT2D eigenvalue weighted by atomic mass is 9.95. The molecule has 2 N–H and O–H groups in total. The molecule has 2 aliphatic heterocycles. The molecule has 0 bridgehead atoms. The van der Waals surface area contributed by atoms with Crippen molar-refractivity contribution in [2.45, 2.75) is 37.7 Å². The summed E-state index contributed by atoms with van der Waals surface area (Å²) in [6.45, 7) is 1.90. The third-order valence-corrected chi connectivity index (χ3v) is 5.13. The van der Waals surface area contributed by atoms with Gasteiger partial charge in [0.25, 0.3) is 0 Å². The van der Waals surface area contributed by atoms with Gasteiger partial charge in [-0.15, -0.1) is 0 Å². The zero-order valence-corrected chi connectivity index (χ0v) is 14.1. The Hall–Kier alpha value is -2.57. The number of para-hydroxylation sites is 2. The van der Waals surface area contributed by atoms with Gasteiger partial charge in [-0.05, 0) is 25.0 Å². The van der Waals surface area contributed by atoms with Crippen molar-refractivity contribution < 1.29 is 14.3 Å². The number of hydrogen-bond donors (Lipinski definition) is 2. The van der Waals surface area contributed by atoms with Crippen molar-refractivity contribution in [2.75, 3.05) is 19.6 Å². The molecule has 1 spiro atoms. The zero-order chi connectivity index (χ0) is 17.3. The zero-order valence-electron chi connectivity index (χ0n) is 14.1. The van der Waals surface area contributed by atoms with E-state index >= 15 is 0 Å². The van der Waals surface area contributed by atoms with Gasteiger partial charge in [-0.1, -0.05) is 12.1 Å². The number of benzene rings is 1. The first-order valence-corrected chi connectivity index (χ1v) is 8.82. The van der Waals surface area contributed by atoms with Gasteiger partial charge in [0.1, 0.15) is 11.4 Å². The van der Waals surface area contributed by atoms with Gasteiger partial charge in [0.05, 0.1) is 17.6 Å². The number of rotatable bonds is 3. The Morgan fingerprint density at radius 1 is 1.28 bits per heavy atom. The van der Waals surface area contributed by atoms with Crippen molar-refractivity contribution in [1.29, 1.82) is 0 Å². The van der Waals surface area contributed by atoms with E-state index in [1.807, 2.05) is 29.2 Å². The van der Waals surface area contributed by atoms with E-state index in [2.05, 4.69) is 15.3 Å². The Morgan fingerprint density at radius 2 is 2.16 bits per heavy atom. The summed E-state index contributed by atoms with van der Waals surface area (Å²) >= 11 is 0.